The molecule has 104 valence electrons. The first-order valence-electron chi connectivity index (χ1n) is 6.48. The number of hydrogen-bond donors (Lipinski definition) is 2. The van der Waals surface area contributed by atoms with Crippen molar-refractivity contribution in [2.75, 3.05) is 19.0 Å². The molecular formula is C14H19FN2O2. The van der Waals surface area contributed by atoms with E-state index in [0.717, 1.165) is 12.8 Å². The van der Waals surface area contributed by atoms with E-state index < -0.39 is 0 Å². The molecule has 1 heterocycles. The van der Waals surface area contributed by atoms with Crippen LogP contribution >= 0.6 is 0 Å². The highest BCUT2D eigenvalue weighted by molar-refractivity contribution is 5.94. The molecule has 1 aliphatic heterocycles. The largest absolute Gasteiger partial charge is 0.494 e. The van der Waals surface area contributed by atoms with Crippen molar-refractivity contribution in [2.24, 2.45) is 5.92 Å². The second-order valence-electron chi connectivity index (χ2n) is 4.92. The van der Waals surface area contributed by atoms with Gasteiger partial charge in [0.15, 0.2) is 0 Å². The summed E-state index contributed by atoms with van der Waals surface area (Å²) in [5.74, 6) is -0.149. The summed E-state index contributed by atoms with van der Waals surface area (Å²) in [5.41, 5.74) is 0.507. The van der Waals surface area contributed by atoms with Gasteiger partial charge in [0.1, 0.15) is 11.6 Å². The number of piperidine rings is 1. The fourth-order valence-electron chi connectivity index (χ4n) is 2.23. The molecule has 5 heteroatoms. The molecule has 1 aromatic carbocycles. The van der Waals surface area contributed by atoms with Crippen LogP contribution in [-0.4, -0.2) is 25.6 Å². The van der Waals surface area contributed by atoms with Crippen LogP contribution in [0.2, 0.25) is 0 Å². The molecule has 0 saturated carbocycles. The standard InChI is InChI=1S/C14H19FN2O2/c1-9-3-4-10(8-16-9)14(18)17-12-6-5-11(15)7-13(12)19-2/h5-7,9-10,16H,3-4,8H2,1-2H3,(H,17,18). The van der Waals surface area contributed by atoms with Crippen LogP contribution in [0.1, 0.15) is 19.8 Å². The Morgan fingerprint density at radius 1 is 1.47 bits per heavy atom. The SMILES string of the molecule is COc1cc(F)ccc1NC(=O)C1CCC(C)NC1. The zero-order valence-electron chi connectivity index (χ0n) is 11.2. The normalized spacial score (nSPS) is 22.9. The topological polar surface area (TPSA) is 50.4 Å². The number of halogens is 1. The van der Waals surface area contributed by atoms with Crippen LogP contribution < -0.4 is 15.4 Å². The molecule has 2 N–H and O–H groups in total. The molecular weight excluding hydrogens is 247 g/mol. The average molecular weight is 266 g/mol. The van der Waals surface area contributed by atoms with Crippen LogP contribution in [0.4, 0.5) is 10.1 Å². The van der Waals surface area contributed by atoms with Crippen molar-refractivity contribution < 1.29 is 13.9 Å². The Labute approximate surface area is 112 Å². The second-order valence-corrected chi connectivity index (χ2v) is 4.92. The third-order valence-electron chi connectivity index (χ3n) is 3.45. The number of ether oxygens (including phenoxy) is 1. The summed E-state index contributed by atoms with van der Waals surface area (Å²) in [6.07, 6.45) is 1.85. The molecule has 0 radical (unpaired) electrons. The van der Waals surface area contributed by atoms with Crippen LogP contribution in [0.5, 0.6) is 5.75 Å². The highest BCUT2D eigenvalue weighted by Gasteiger charge is 2.24. The average Bonchev–Trinajstić information content (AvgIpc) is 2.41. The Balaban J connectivity index is 2.02. The summed E-state index contributed by atoms with van der Waals surface area (Å²) in [6.45, 7) is 2.79. The van der Waals surface area contributed by atoms with E-state index in [4.69, 9.17) is 4.74 Å². The summed E-state index contributed by atoms with van der Waals surface area (Å²) >= 11 is 0. The fraction of sp³-hybridized carbons (Fsp3) is 0.500. The van der Waals surface area contributed by atoms with E-state index in [1.807, 2.05) is 0 Å². The third kappa shape index (κ3) is 3.44. The lowest BCUT2D eigenvalue weighted by Crippen LogP contribution is -2.41. The minimum absolute atomic E-state index is 0.0500. The van der Waals surface area contributed by atoms with Crippen molar-refractivity contribution in [1.82, 2.24) is 5.32 Å². The zero-order chi connectivity index (χ0) is 13.8. The van der Waals surface area contributed by atoms with Gasteiger partial charge in [0.25, 0.3) is 0 Å². The first-order chi connectivity index (χ1) is 9.10. The van der Waals surface area contributed by atoms with Crippen LogP contribution in [0.25, 0.3) is 0 Å². The summed E-state index contributed by atoms with van der Waals surface area (Å²) in [5, 5.41) is 6.09. The molecule has 19 heavy (non-hydrogen) atoms. The van der Waals surface area contributed by atoms with E-state index in [2.05, 4.69) is 17.6 Å². The Morgan fingerprint density at radius 2 is 2.26 bits per heavy atom. The van der Waals surface area contributed by atoms with Gasteiger partial charge < -0.3 is 15.4 Å². The number of methoxy groups -OCH3 is 1. The lowest BCUT2D eigenvalue weighted by molar-refractivity contribution is -0.120. The van der Waals surface area contributed by atoms with Gasteiger partial charge in [0, 0.05) is 18.7 Å². The van der Waals surface area contributed by atoms with E-state index in [9.17, 15) is 9.18 Å². The van der Waals surface area contributed by atoms with E-state index in [1.54, 1.807) is 0 Å². The van der Waals surface area contributed by atoms with Crippen molar-refractivity contribution in [1.29, 1.82) is 0 Å². The maximum atomic E-state index is 13.1. The molecule has 2 atom stereocenters. The molecule has 2 unspecified atom stereocenters. The van der Waals surface area contributed by atoms with Crippen LogP contribution in [0.3, 0.4) is 0 Å². The van der Waals surface area contributed by atoms with Gasteiger partial charge in [0.2, 0.25) is 5.91 Å². The summed E-state index contributed by atoms with van der Waals surface area (Å²) in [4.78, 5) is 12.1. The van der Waals surface area contributed by atoms with Gasteiger partial charge in [-0.3, -0.25) is 4.79 Å². The number of carbonyl (C=O) groups excluding carboxylic acids is 1. The fourth-order valence-corrected chi connectivity index (χ4v) is 2.23. The van der Waals surface area contributed by atoms with E-state index >= 15 is 0 Å². The molecule has 0 aromatic heterocycles. The number of rotatable bonds is 3. The lowest BCUT2D eigenvalue weighted by Gasteiger charge is -2.26. The first kappa shape index (κ1) is 13.8. The Bertz CT molecular complexity index is 457. The first-order valence-corrected chi connectivity index (χ1v) is 6.48. The second kappa shape index (κ2) is 6.02. The molecule has 2 rings (SSSR count). The predicted molar refractivity (Wildman–Crippen MR) is 71.8 cm³/mol. The molecule has 0 aliphatic carbocycles. The summed E-state index contributed by atoms with van der Waals surface area (Å²) in [7, 11) is 1.45. The zero-order valence-corrected chi connectivity index (χ0v) is 11.2. The van der Waals surface area contributed by atoms with Gasteiger partial charge >= 0.3 is 0 Å². The Kier molecular flexibility index (Phi) is 4.37. The van der Waals surface area contributed by atoms with Gasteiger partial charge in [-0.15, -0.1) is 0 Å². The van der Waals surface area contributed by atoms with Gasteiger partial charge in [-0.2, -0.15) is 0 Å². The summed E-state index contributed by atoms with van der Waals surface area (Å²) < 4.78 is 18.1. The maximum absolute atomic E-state index is 13.1. The van der Waals surface area contributed by atoms with Crippen LogP contribution in [0, 0.1) is 11.7 Å². The van der Waals surface area contributed by atoms with E-state index in [-0.39, 0.29) is 17.6 Å². The molecule has 0 bridgehead atoms. The maximum Gasteiger partial charge on any atom is 0.228 e. The van der Waals surface area contributed by atoms with Crippen molar-refractivity contribution in [3.05, 3.63) is 24.0 Å². The van der Waals surface area contributed by atoms with Gasteiger partial charge in [-0.1, -0.05) is 0 Å². The molecule has 4 nitrogen and oxygen atoms in total. The number of nitrogens with one attached hydrogen (secondary N) is 2. The lowest BCUT2D eigenvalue weighted by atomic mass is 9.95. The van der Waals surface area contributed by atoms with Crippen LogP contribution in [-0.2, 0) is 4.79 Å². The van der Waals surface area contributed by atoms with Crippen molar-refractivity contribution in [3.63, 3.8) is 0 Å². The van der Waals surface area contributed by atoms with Gasteiger partial charge in [0.05, 0.1) is 18.7 Å². The highest BCUT2D eigenvalue weighted by Crippen LogP contribution is 2.26. The Morgan fingerprint density at radius 3 is 2.89 bits per heavy atom. The van der Waals surface area contributed by atoms with Crippen molar-refractivity contribution in [2.45, 2.75) is 25.8 Å². The molecule has 1 fully saturated rings. The van der Waals surface area contributed by atoms with Crippen molar-refractivity contribution in [3.8, 4) is 5.75 Å². The molecule has 0 spiro atoms. The smallest absolute Gasteiger partial charge is 0.228 e. The third-order valence-corrected chi connectivity index (χ3v) is 3.45. The van der Waals surface area contributed by atoms with Crippen molar-refractivity contribution >= 4 is 11.6 Å². The van der Waals surface area contributed by atoms with E-state index in [0.29, 0.717) is 24.0 Å². The van der Waals surface area contributed by atoms with Crippen LogP contribution in [0.15, 0.2) is 18.2 Å². The molecule has 1 saturated heterocycles. The molecule has 1 amide bonds. The summed E-state index contributed by atoms with van der Waals surface area (Å²) in [6, 6.07) is 4.55. The highest BCUT2D eigenvalue weighted by atomic mass is 19.1. The number of carbonyl (C=O) groups is 1. The quantitative estimate of drug-likeness (QED) is 0.881. The minimum Gasteiger partial charge on any atom is -0.494 e. The van der Waals surface area contributed by atoms with E-state index in [1.165, 1.54) is 25.3 Å². The molecule has 1 aromatic rings. The minimum atomic E-state index is -0.386. The molecule has 1 aliphatic rings. The predicted octanol–water partition coefficient (Wildman–Crippen LogP) is 2.16. The number of anilines is 1. The number of amides is 1. The number of hydrogen-bond acceptors (Lipinski definition) is 3. The number of benzene rings is 1. The van der Waals surface area contributed by atoms with Gasteiger partial charge in [-0.25, -0.2) is 4.39 Å². The van der Waals surface area contributed by atoms with Gasteiger partial charge in [-0.05, 0) is 31.9 Å². The monoisotopic (exact) mass is 266 g/mol. The Hall–Kier alpha value is -1.62.